The monoisotopic (exact) mass is 289 g/mol. The molecule has 3 heterocycles. The molecular weight excluding hydrogens is 277 g/mol. The highest BCUT2D eigenvalue weighted by molar-refractivity contribution is 7.99. The summed E-state index contributed by atoms with van der Waals surface area (Å²) in [5.74, 6) is 0.565. The van der Waals surface area contributed by atoms with Gasteiger partial charge in [0.05, 0.1) is 5.52 Å². The zero-order chi connectivity index (χ0) is 13.9. The number of halogens is 1. The van der Waals surface area contributed by atoms with Crippen LogP contribution in [-0.2, 0) is 13.1 Å². The highest BCUT2D eigenvalue weighted by Crippen LogP contribution is 2.30. The minimum Gasteiger partial charge on any atom is -0.335 e. The molecule has 0 saturated carbocycles. The molecule has 102 valence electrons. The molecule has 0 radical (unpaired) electrons. The maximum absolute atomic E-state index is 13.5. The van der Waals surface area contributed by atoms with Crippen LogP contribution in [0.5, 0.6) is 0 Å². The van der Waals surface area contributed by atoms with Gasteiger partial charge in [0, 0.05) is 24.2 Å². The van der Waals surface area contributed by atoms with E-state index in [1.165, 1.54) is 12.1 Å². The summed E-state index contributed by atoms with van der Waals surface area (Å²) in [5.41, 5.74) is 2.04. The van der Waals surface area contributed by atoms with Crippen LogP contribution in [0.3, 0.4) is 0 Å². The number of rotatable bonds is 1. The van der Waals surface area contributed by atoms with Crippen molar-refractivity contribution >= 4 is 33.7 Å². The molecule has 0 bridgehead atoms. The van der Waals surface area contributed by atoms with Crippen LogP contribution >= 0.6 is 11.8 Å². The molecule has 0 aliphatic carbocycles. The molecule has 0 amide bonds. The van der Waals surface area contributed by atoms with Crippen molar-refractivity contribution in [1.82, 2.24) is 14.1 Å². The van der Waals surface area contributed by atoms with Gasteiger partial charge >= 0.3 is 0 Å². The number of hydrogen-bond acceptors (Lipinski definition) is 3. The Hall–Kier alpha value is -1.82. The Morgan fingerprint density at radius 1 is 1.45 bits per heavy atom. The number of nitrogens with zero attached hydrogens (tertiary/aromatic N) is 3. The number of hydrogen-bond donors (Lipinski definition) is 0. The summed E-state index contributed by atoms with van der Waals surface area (Å²) in [4.78, 5) is 17.2. The first kappa shape index (κ1) is 12.0. The number of aryl methyl sites for hydroxylation is 1. The van der Waals surface area contributed by atoms with Gasteiger partial charge in [-0.3, -0.25) is 9.36 Å². The highest BCUT2D eigenvalue weighted by Gasteiger charge is 2.22. The molecule has 1 aliphatic rings. The Labute approximate surface area is 118 Å². The molecule has 1 aromatic carbocycles. The van der Waals surface area contributed by atoms with E-state index in [0.717, 1.165) is 21.8 Å². The molecule has 0 fully saturated rings. The number of fused-ring (bicyclic) bond motifs is 4. The second-order valence-corrected chi connectivity index (χ2v) is 5.86. The molecule has 0 spiro atoms. The van der Waals surface area contributed by atoms with Crippen LogP contribution in [-0.4, -0.2) is 19.9 Å². The minimum atomic E-state index is -0.303. The fourth-order valence-corrected chi connectivity index (χ4v) is 3.82. The second-order valence-electron chi connectivity index (χ2n) is 4.80. The summed E-state index contributed by atoms with van der Waals surface area (Å²) < 4.78 is 17.2. The van der Waals surface area contributed by atoms with Gasteiger partial charge in [0.25, 0.3) is 5.56 Å². The topological polar surface area (TPSA) is 39.8 Å². The third-order valence-corrected chi connectivity index (χ3v) is 4.70. The number of thioether (sulfide) groups is 1. The molecule has 3 aromatic rings. The molecule has 2 aromatic heterocycles. The largest absolute Gasteiger partial charge is 0.335 e. The van der Waals surface area contributed by atoms with Crippen LogP contribution in [0, 0.1) is 5.82 Å². The lowest BCUT2D eigenvalue weighted by atomic mass is 10.2. The SMILES string of the molecule is CCn1c2ccc(F)cc2c2nc3n(c(=O)c21)CCS3. The van der Waals surface area contributed by atoms with E-state index in [-0.39, 0.29) is 11.4 Å². The molecule has 20 heavy (non-hydrogen) atoms. The van der Waals surface area contributed by atoms with E-state index in [1.54, 1.807) is 22.4 Å². The maximum Gasteiger partial charge on any atom is 0.278 e. The van der Waals surface area contributed by atoms with Crippen molar-refractivity contribution in [1.29, 1.82) is 0 Å². The van der Waals surface area contributed by atoms with Crippen LogP contribution in [0.4, 0.5) is 4.39 Å². The van der Waals surface area contributed by atoms with Gasteiger partial charge < -0.3 is 4.57 Å². The van der Waals surface area contributed by atoms with Crippen LogP contribution in [0.15, 0.2) is 28.2 Å². The molecule has 0 unspecified atom stereocenters. The fourth-order valence-electron chi connectivity index (χ4n) is 2.87. The third-order valence-electron chi connectivity index (χ3n) is 3.75. The number of aromatic nitrogens is 3. The Kier molecular flexibility index (Phi) is 2.44. The summed E-state index contributed by atoms with van der Waals surface area (Å²) in [5, 5.41) is 1.46. The van der Waals surface area contributed by atoms with E-state index in [4.69, 9.17) is 0 Å². The standard InChI is InChI=1S/C14H12FN3OS/c1-2-17-10-4-3-8(15)7-9(10)11-12(17)13(19)18-5-6-20-14(18)16-11/h3-4,7H,2,5-6H2,1H3. The van der Waals surface area contributed by atoms with Crippen molar-refractivity contribution in [2.75, 3.05) is 5.75 Å². The summed E-state index contributed by atoms with van der Waals surface area (Å²) in [7, 11) is 0. The summed E-state index contributed by atoms with van der Waals surface area (Å²) >= 11 is 1.58. The van der Waals surface area contributed by atoms with Gasteiger partial charge in [0.2, 0.25) is 0 Å². The van der Waals surface area contributed by atoms with Crippen LogP contribution in [0.25, 0.3) is 21.9 Å². The molecule has 0 saturated heterocycles. The molecule has 1 aliphatic heterocycles. The Morgan fingerprint density at radius 3 is 3.10 bits per heavy atom. The van der Waals surface area contributed by atoms with Crippen molar-refractivity contribution < 1.29 is 4.39 Å². The minimum absolute atomic E-state index is 0.0199. The van der Waals surface area contributed by atoms with Crippen molar-refractivity contribution in [2.45, 2.75) is 25.2 Å². The van der Waals surface area contributed by atoms with E-state index in [2.05, 4.69) is 4.98 Å². The van der Waals surface area contributed by atoms with Crippen LogP contribution in [0.1, 0.15) is 6.92 Å². The van der Waals surface area contributed by atoms with E-state index < -0.39 is 0 Å². The maximum atomic E-state index is 13.5. The number of benzene rings is 1. The van der Waals surface area contributed by atoms with Crippen LogP contribution in [0.2, 0.25) is 0 Å². The molecule has 0 N–H and O–H groups in total. The average molecular weight is 289 g/mol. The van der Waals surface area contributed by atoms with Gasteiger partial charge in [-0.1, -0.05) is 11.8 Å². The lowest BCUT2D eigenvalue weighted by Gasteiger charge is -2.04. The zero-order valence-corrected chi connectivity index (χ0v) is 11.7. The van der Waals surface area contributed by atoms with E-state index in [9.17, 15) is 9.18 Å². The molecule has 4 rings (SSSR count). The van der Waals surface area contributed by atoms with Gasteiger partial charge in [-0.15, -0.1) is 0 Å². The lowest BCUT2D eigenvalue weighted by molar-refractivity contribution is 0.629. The third kappa shape index (κ3) is 1.42. The first-order chi connectivity index (χ1) is 9.70. The van der Waals surface area contributed by atoms with Gasteiger partial charge in [0.1, 0.15) is 16.9 Å². The fraction of sp³-hybridized carbons (Fsp3) is 0.286. The zero-order valence-electron chi connectivity index (χ0n) is 10.9. The lowest BCUT2D eigenvalue weighted by Crippen LogP contribution is -2.22. The Balaban J connectivity index is 2.29. The van der Waals surface area contributed by atoms with Crippen molar-refractivity contribution in [3.63, 3.8) is 0 Å². The van der Waals surface area contributed by atoms with Crippen molar-refractivity contribution in [2.24, 2.45) is 0 Å². The first-order valence-corrected chi connectivity index (χ1v) is 7.54. The normalized spacial score (nSPS) is 14.3. The van der Waals surface area contributed by atoms with Gasteiger partial charge in [-0.2, -0.15) is 0 Å². The van der Waals surface area contributed by atoms with Crippen molar-refractivity contribution in [3.8, 4) is 0 Å². The predicted octanol–water partition coefficient (Wildman–Crippen LogP) is 2.62. The summed E-state index contributed by atoms with van der Waals surface area (Å²) in [6.45, 7) is 3.34. The van der Waals surface area contributed by atoms with E-state index in [1.807, 2.05) is 11.5 Å². The van der Waals surface area contributed by atoms with Crippen molar-refractivity contribution in [3.05, 3.63) is 34.4 Å². The Bertz CT molecular complexity index is 912. The second kappa shape index (κ2) is 4.09. The van der Waals surface area contributed by atoms with E-state index in [0.29, 0.717) is 24.1 Å². The molecular formula is C14H12FN3OS. The first-order valence-electron chi connectivity index (χ1n) is 6.56. The van der Waals surface area contributed by atoms with Gasteiger partial charge in [0.15, 0.2) is 5.16 Å². The van der Waals surface area contributed by atoms with Gasteiger partial charge in [-0.25, -0.2) is 9.37 Å². The molecule has 0 atom stereocenters. The Morgan fingerprint density at radius 2 is 2.30 bits per heavy atom. The quantitative estimate of drug-likeness (QED) is 0.647. The van der Waals surface area contributed by atoms with E-state index >= 15 is 0 Å². The molecule has 4 nitrogen and oxygen atoms in total. The summed E-state index contributed by atoms with van der Waals surface area (Å²) in [6, 6.07) is 4.61. The smallest absolute Gasteiger partial charge is 0.278 e. The molecule has 6 heteroatoms. The summed E-state index contributed by atoms with van der Waals surface area (Å²) in [6.07, 6.45) is 0. The predicted molar refractivity (Wildman–Crippen MR) is 77.9 cm³/mol. The average Bonchev–Trinajstić information content (AvgIpc) is 3.02. The highest BCUT2D eigenvalue weighted by atomic mass is 32.2. The van der Waals surface area contributed by atoms with Gasteiger partial charge in [-0.05, 0) is 25.1 Å². The van der Waals surface area contributed by atoms with Crippen LogP contribution < -0.4 is 5.56 Å².